The maximum atomic E-state index is 13.2. The lowest BCUT2D eigenvalue weighted by atomic mass is 9.84. The van der Waals surface area contributed by atoms with Crippen LogP contribution in [0.25, 0.3) is 0 Å². The highest BCUT2D eigenvalue weighted by Crippen LogP contribution is 2.40. The molecule has 0 bridgehead atoms. The number of ether oxygens (including phenoxy) is 2. The van der Waals surface area contributed by atoms with E-state index in [0.717, 1.165) is 36.8 Å². The van der Waals surface area contributed by atoms with Crippen molar-refractivity contribution >= 4 is 17.6 Å². The predicted octanol–water partition coefficient (Wildman–Crippen LogP) is 6.39. The molecule has 0 aliphatic carbocycles. The molecular weight excluding hydrogens is 418 g/mol. The van der Waals surface area contributed by atoms with Gasteiger partial charge in [-0.1, -0.05) is 59.1 Å². The van der Waals surface area contributed by atoms with Gasteiger partial charge in [-0.3, -0.25) is 4.79 Å². The standard InChI is InChI=1S/C27H37NO5/c1-7-8-9-11-18(25-22(32-5)12-10-13-23(25)33-6)17-24(29)28-21-16-19(26(30)31)14-15-20(21)27(2,3)4/h10,12-16,18H,7-9,11,17H2,1-6H3,(H,28,29)(H,30,31). The summed E-state index contributed by atoms with van der Waals surface area (Å²) in [5.74, 6) is 0.113. The largest absolute Gasteiger partial charge is 0.496 e. The first-order valence-electron chi connectivity index (χ1n) is 11.5. The number of amides is 1. The summed E-state index contributed by atoms with van der Waals surface area (Å²) in [5, 5.41) is 12.4. The molecule has 0 aliphatic rings. The molecule has 1 amide bonds. The molecule has 33 heavy (non-hydrogen) atoms. The van der Waals surface area contributed by atoms with Crippen molar-refractivity contribution in [2.75, 3.05) is 19.5 Å². The number of unbranched alkanes of at least 4 members (excludes halogenated alkanes) is 2. The highest BCUT2D eigenvalue weighted by molar-refractivity contribution is 5.95. The first-order chi connectivity index (χ1) is 15.6. The smallest absolute Gasteiger partial charge is 0.335 e. The van der Waals surface area contributed by atoms with Crippen molar-refractivity contribution in [3.05, 3.63) is 53.1 Å². The molecule has 180 valence electrons. The number of anilines is 1. The zero-order valence-corrected chi connectivity index (χ0v) is 20.7. The van der Waals surface area contributed by atoms with E-state index in [1.54, 1.807) is 26.4 Å². The van der Waals surface area contributed by atoms with Gasteiger partial charge >= 0.3 is 5.97 Å². The first-order valence-corrected chi connectivity index (χ1v) is 11.5. The zero-order chi connectivity index (χ0) is 24.6. The van der Waals surface area contributed by atoms with Gasteiger partial charge in [-0.25, -0.2) is 4.79 Å². The van der Waals surface area contributed by atoms with Gasteiger partial charge in [0.2, 0.25) is 5.91 Å². The Morgan fingerprint density at radius 2 is 1.67 bits per heavy atom. The van der Waals surface area contributed by atoms with Crippen molar-refractivity contribution in [2.24, 2.45) is 0 Å². The van der Waals surface area contributed by atoms with E-state index < -0.39 is 5.97 Å². The summed E-state index contributed by atoms with van der Waals surface area (Å²) in [6.45, 7) is 8.25. The van der Waals surface area contributed by atoms with E-state index in [1.165, 1.54) is 6.07 Å². The molecule has 0 heterocycles. The van der Waals surface area contributed by atoms with Gasteiger partial charge < -0.3 is 19.9 Å². The average Bonchev–Trinajstić information content (AvgIpc) is 2.77. The number of carbonyl (C=O) groups excluding carboxylic acids is 1. The molecule has 0 aliphatic heterocycles. The fraction of sp³-hybridized carbons (Fsp3) is 0.481. The molecule has 6 heteroatoms. The minimum absolute atomic E-state index is 0.0941. The zero-order valence-electron chi connectivity index (χ0n) is 20.7. The van der Waals surface area contributed by atoms with Crippen molar-refractivity contribution in [3.63, 3.8) is 0 Å². The van der Waals surface area contributed by atoms with Crippen LogP contribution in [0.3, 0.4) is 0 Å². The molecule has 0 spiro atoms. The molecule has 6 nitrogen and oxygen atoms in total. The van der Waals surface area contributed by atoms with Crippen LogP contribution in [0.15, 0.2) is 36.4 Å². The molecule has 2 N–H and O–H groups in total. The third kappa shape index (κ3) is 6.98. The fourth-order valence-electron chi connectivity index (χ4n) is 4.13. The SMILES string of the molecule is CCCCCC(CC(=O)Nc1cc(C(=O)O)ccc1C(C)(C)C)c1c(OC)cccc1OC. The molecule has 2 rings (SSSR count). The van der Waals surface area contributed by atoms with Gasteiger partial charge in [0.1, 0.15) is 11.5 Å². The van der Waals surface area contributed by atoms with Gasteiger partial charge in [0.15, 0.2) is 0 Å². The Bertz CT molecular complexity index is 939. The number of methoxy groups -OCH3 is 2. The second-order valence-corrected chi connectivity index (χ2v) is 9.34. The van der Waals surface area contributed by atoms with Crippen LogP contribution in [-0.4, -0.2) is 31.2 Å². The van der Waals surface area contributed by atoms with Crippen molar-refractivity contribution < 1.29 is 24.2 Å². The minimum atomic E-state index is -1.03. The number of carboxylic acid groups (broad SMARTS) is 1. The highest BCUT2D eigenvalue weighted by atomic mass is 16.5. The lowest BCUT2D eigenvalue weighted by Gasteiger charge is -2.25. The van der Waals surface area contributed by atoms with Gasteiger partial charge in [-0.05, 0) is 47.6 Å². The third-order valence-corrected chi connectivity index (χ3v) is 5.81. The van der Waals surface area contributed by atoms with Gasteiger partial charge in [-0.15, -0.1) is 0 Å². The molecule has 1 atom stereocenters. The Labute approximate surface area is 197 Å². The van der Waals surface area contributed by atoms with E-state index >= 15 is 0 Å². The maximum absolute atomic E-state index is 13.2. The molecule has 0 radical (unpaired) electrons. The number of aromatic carboxylic acids is 1. The summed E-state index contributed by atoms with van der Waals surface area (Å²) in [6.07, 6.45) is 4.20. The van der Waals surface area contributed by atoms with Gasteiger partial charge in [0.25, 0.3) is 0 Å². The number of hydrogen-bond acceptors (Lipinski definition) is 4. The maximum Gasteiger partial charge on any atom is 0.335 e. The van der Waals surface area contributed by atoms with Crippen LogP contribution in [0.1, 0.15) is 87.2 Å². The van der Waals surface area contributed by atoms with Crippen LogP contribution < -0.4 is 14.8 Å². The number of carboxylic acids is 1. The Balaban J connectivity index is 2.38. The second kappa shape index (κ2) is 11.7. The topological polar surface area (TPSA) is 84.9 Å². The van der Waals surface area contributed by atoms with Crippen molar-refractivity contribution in [2.45, 2.75) is 71.1 Å². The lowest BCUT2D eigenvalue weighted by molar-refractivity contribution is -0.116. The van der Waals surface area contributed by atoms with Crippen molar-refractivity contribution in [1.82, 2.24) is 0 Å². The Morgan fingerprint density at radius 3 is 2.18 bits per heavy atom. The number of nitrogens with one attached hydrogen (secondary N) is 1. The lowest BCUT2D eigenvalue weighted by Crippen LogP contribution is -2.21. The van der Waals surface area contributed by atoms with Crippen LogP contribution in [-0.2, 0) is 10.2 Å². The summed E-state index contributed by atoms with van der Waals surface area (Å²) < 4.78 is 11.2. The molecule has 1 unspecified atom stereocenters. The van der Waals surface area contributed by atoms with E-state index in [4.69, 9.17) is 9.47 Å². The van der Waals surface area contributed by atoms with Crippen LogP contribution in [0.4, 0.5) is 5.69 Å². The Kier molecular flexibility index (Phi) is 9.32. The summed E-state index contributed by atoms with van der Waals surface area (Å²) in [6, 6.07) is 10.5. The fourth-order valence-corrected chi connectivity index (χ4v) is 4.13. The van der Waals surface area contributed by atoms with Gasteiger partial charge in [0, 0.05) is 17.7 Å². The number of carbonyl (C=O) groups is 2. The normalized spacial score (nSPS) is 12.2. The minimum Gasteiger partial charge on any atom is -0.496 e. The predicted molar refractivity (Wildman–Crippen MR) is 132 cm³/mol. The third-order valence-electron chi connectivity index (χ3n) is 5.81. The van der Waals surface area contributed by atoms with Gasteiger partial charge in [0.05, 0.1) is 19.8 Å². The van der Waals surface area contributed by atoms with Crippen LogP contribution in [0.2, 0.25) is 0 Å². The van der Waals surface area contributed by atoms with E-state index in [0.29, 0.717) is 17.2 Å². The van der Waals surface area contributed by atoms with Crippen LogP contribution in [0.5, 0.6) is 11.5 Å². The van der Waals surface area contributed by atoms with Gasteiger partial charge in [-0.2, -0.15) is 0 Å². The van der Waals surface area contributed by atoms with E-state index in [2.05, 4.69) is 12.2 Å². The number of rotatable bonds is 11. The first kappa shape index (κ1) is 26.2. The van der Waals surface area contributed by atoms with Crippen molar-refractivity contribution in [3.8, 4) is 11.5 Å². The Hall–Kier alpha value is -3.02. The molecule has 0 fully saturated rings. The summed E-state index contributed by atoms with van der Waals surface area (Å²) in [5.41, 5.74) is 2.20. The monoisotopic (exact) mass is 455 g/mol. The Morgan fingerprint density at radius 1 is 1.03 bits per heavy atom. The quantitative estimate of drug-likeness (QED) is 0.383. The highest BCUT2D eigenvalue weighted by Gasteiger charge is 2.25. The summed E-state index contributed by atoms with van der Waals surface area (Å²) >= 11 is 0. The average molecular weight is 456 g/mol. The molecule has 0 saturated carbocycles. The molecule has 2 aromatic carbocycles. The van der Waals surface area contributed by atoms with E-state index in [9.17, 15) is 14.7 Å². The van der Waals surface area contributed by atoms with Crippen molar-refractivity contribution in [1.29, 1.82) is 0 Å². The number of hydrogen-bond donors (Lipinski definition) is 2. The molecule has 2 aromatic rings. The molecule has 0 aromatic heterocycles. The van der Waals surface area contributed by atoms with E-state index in [-0.39, 0.29) is 29.2 Å². The summed E-state index contributed by atoms with van der Waals surface area (Å²) in [7, 11) is 3.24. The number of benzene rings is 2. The molecular formula is C27H37NO5. The molecule has 0 saturated heterocycles. The second-order valence-electron chi connectivity index (χ2n) is 9.34. The van der Waals surface area contributed by atoms with E-state index in [1.807, 2.05) is 39.0 Å². The van der Waals surface area contributed by atoms with Crippen LogP contribution in [0, 0.1) is 0 Å². The summed E-state index contributed by atoms with van der Waals surface area (Å²) in [4.78, 5) is 24.8. The van der Waals surface area contributed by atoms with Crippen LogP contribution >= 0.6 is 0 Å².